The first-order valence-corrected chi connectivity index (χ1v) is 8.21. The molecule has 0 spiro atoms. The summed E-state index contributed by atoms with van der Waals surface area (Å²) >= 11 is 2.05. The van der Waals surface area contributed by atoms with Gasteiger partial charge in [0.2, 0.25) is 5.89 Å². The van der Waals surface area contributed by atoms with E-state index < -0.39 is 0 Å². The van der Waals surface area contributed by atoms with Crippen molar-refractivity contribution in [1.82, 2.24) is 20.4 Å². The van der Waals surface area contributed by atoms with Crippen LogP contribution in [-0.4, -0.2) is 51.6 Å². The number of hydrogen-bond donors (Lipinski definition) is 1. The van der Waals surface area contributed by atoms with Gasteiger partial charge in [0.1, 0.15) is 6.54 Å². The fraction of sp³-hybridized carbons (Fsp3) is 0.769. The highest BCUT2D eigenvalue weighted by Gasteiger charge is 2.21. The van der Waals surface area contributed by atoms with Gasteiger partial charge in [0.15, 0.2) is 11.8 Å². The molecule has 6 nitrogen and oxygen atoms in total. The van der Waals surface area contributed by atoms with Crippen LogP contribution in [0.15, 0.2) is 9.52 Å². The van der Waals surface area contributed by atoms with Crippen LogP contribution >= 0.6 is 11.8 Å². The molecular weight excluding hydrogens is 274 g/mol. The average molecular weight is 297 g/mol. The lowest BCUT2D eigenvalue weighted by molar-refractivity contribution is 0.372. The number of nitrogens with one attached hydrogen (secondary N) is 1. The molecule has 0 radical (unpaired) electrons. The lowest BCUT2D eigenvalue weighted by atomic mass is 10.3. The standard InChI is InChI=1S/C13H23N5OS/c1-4-11-9-18(6-7-20-11)13(14-5-2)15-8-12-16-10(3)17-19-12/h11H,4-9H2,1-3H3,(H,14,15). The van der Waals surface area contributed by atoms with Gasteiger partial charge in [-0.1, -0.05) is 12.1 Å². The van der Waals surface area contributed by atoms with Crippen LogP contribution in [0.2, 0.25) is 0 Å². The summed E-state index contributed by atoms with van der Waals surface area (Å²) in [6, 6.07) is 0. The molecule has 1 fully saturated rings. The van der Waals surface area contributed by atoms with Crippen LogP contribution in [0.5, 0.6) is 0 Å². The summed E-state index contributed by atoms with van der Waals surface area (Å²) in [6.45, 7) is 9.53. The number of rotatable bonds is 4. The topological polar surface area (TPSA) is 66.5 Å². The minimum Gasteiger partial charge on any atom is -0.357 e. The highest BCUT2D eigenvalue weighted by Crippen LogP contribution is 2.21. The Morgan fingerprint density at radius 2 is 2.40 bits per heavy atom. The summed E-state index contributed by atoms with van der Waals surface area (Å²) in [5.74, 6) is 3.32. The lowest BCUT2D eigenvalue weighted by Crippen LogP contribution is -2.48. The Bertz CT molecular complexity index is 448. The number of nitrogens with zero attached hydrogens (tertiary/aromatic N) is 4. The van der Waals surface area contributed by atoms with Crippen LogP contribution in [0.25, 0.3) is 0 Å². The van der Waals surface area contributed by atoms with Gasteiger partial charge in [0.05, 0.1) is 0 Å². The van der Waals surface area contributed by atoms with E-state index in [1.54, 1.807) is 0 Å². The molecule has 1 atom stereocenters. The normalized spacial score (nSPS) is 20.2. The summed E-state index contributed by atoms with van der Waals surface area (Å²) in [6.07, 6.45) is 1.20. The van der Waals surface area contributed by atoms with Crippen molar-refractivity contribution in [3.05, 3.63) is 11.7 Å². The molecule has 1 aromatic rings. The van der Waals surface area contributed by atoms with Gasteiger partial charge >= 0.3 is 0 Å². The number of thioether (sulfide) groups is 1. The van der Waals surface area contributed by atoms with E-state index >= 15 is 0 Å². The summed E-state index contributed by atoms with van der Waals surface area (Å²) in [4.78, 5) is 11.1. The second kappa shape index (κ2) is 7.52. The Labute approximate surface area is 124 Å². The van der Waals surface area contributed by atoms with E-state index in [4.69, 9.17) is 4.52 Å². The monoisotopic (exact) mass is 297 g/mol. The number of hydrogen-bond acceptors (Lipinski definition) is 5. The van der Waals surface area contributed by atoms with Crippen LogP contribution in [0.3, 0.4) is 0 Å². The van der Waals surface area contributed by atoms with Gasteiger partial charge < -0.3 is 14.7 Å². The Kier molecular flexibility index (Phi) is 5.70. The molecule has 112 valence electrons. The maximum Gasteiger partial charge on any atom is 0.248 e. The molecule has 1 aromatic heterocycles. The van der Waals surface area contributed by atoms with E-state index in [2.05, 4.69) is 51.0 Å². The Balaban J connectivity index is 2.01. The Morgan fingerprint density at radius 3 is 3.05 bits per heavy atom. The summed E-state index contributed by atoms with van der Waals surface area (Å²) in [7, 11) is 0. The van der Waals surface area contributed by atoms with Crippen molar-refractivity contribution >= 4 is 17.7 Å². The molecule has 1 N–H and O–H groups in total. The molecule has 0 aromatic carbocycles. The van der Waals surface area contributed by atoms with Crippen LogP contribution in [0.1, 0.15) is 32.0 Å². The molecule has 0 bridgehead atoms. The molecule has 2 heterocycles. The molecule has 0 amide bonds. The largest absolute Gasteiger partial charge is 0.357 e. The summed E-state index contributed by atoms with van der Waals surface area (Å²) in [5, 5.41) is 7.83. The smallest absolute Gasteiger partial charge is 0.248 e. The molecule has 20 heavy (non-hydrogen) atoms. The predicted octanol–water partition coefficient (Wildman–Crippen LogP) is 1.67. The van der Waals surface area contributed by atoms with Gasteiger partial charge in [0, 0.05) is 30.6 Å². The molecule has 7 heteroatoms. The molecule has 0 aliphatic carbocycles. The zero-order chi connectivity index (χ0) is 14.4. The molecule has 2 rings (SSSR count). The number of aliphatic imine (C=N–C) groups is 1. The van der Waals surface area contributed by atoms with Crippen LogP contribution in [-0.2, 0) is 6.54 Å². The first-order chi connectivity index (χ1) is 9.72. The molecule has 1 aliphatic rings. The maximum absolute atomic E-state index is 5.10. The van der Waals surface area contributed by atoms with Gasteiger partial charge in [-0.05, 0) is 20.3 Å². The molecule has 1 unspecified atom stereocenters. The van der Waals surface area contributed by atoms with E-state index in [9.17, 15) is 0 Å². The second-order valence-electron chi connectivity index (χ2n) is 4.75. The lowest BCUT2D eigenvalue weighted by Gasteiger charge is -2.34. The SMILES string of the molecule is CCNC(=NCc1nc(C)no1)N1CCSC(CC)C1. The number of guanidine groups is 1. The minimum atomic E-state index is 0.434. The first-order valence-electron chi connectivity index (χ1n) is 7.17. The highest BCUT2D eigenvalue weighted by molar-refractivity contribution is 8.00. The van der Waals surface area contributed by atoms with Crippen LogP contribution in [0, 0.1) is 6.92 Å². The van der Waals surface area contributed by atoms with Crippen molar-refractivity contribution in [1.29, 1.82) is 0 Å². The average Bonchev–Trinajstić information content (AvgIpc) is 2.89. The van der Waals surface area contributed by atoms with Crippen molar-refractivity contribution in [2.24, 2.45) is 4.99 Å². The van der Waals surface area contributed by atoms with E-state index in [0.29, 0.717) is 23.5 Å². The predicted molar refractivity (Wildman–Crippen MR) is 82.0 cm³/mol. The molecule has 1 saturated heterocycles. The maximum atomic E-state index is 5.10. The Hall–Kier alpha value is -1.24. The third-order valence-electron chi connectivity index (χ3n) is 3.16. The van der Waals surface area contributed by atoms with Gasteiger partial charge in [-0.25, -0.2) is 4.99 Å². The Morgan fingerprint density at radius 1 is 1.55 bits per heavy atom. The molecular formula is C13H23N5OS. The van der Waals surface area contributed by atoms with Gasteiger partial charge in [-0.2, -0.15) is 16.7 Å². The van der Waals surface area contributed by atoms with Gasteiger partial charge in [-0.3, -0.25) is 0 Å². The highest BCUT2D eigenvalue weighted by atomic mass is 32.2. The zero-order valence-corrected chi connectivity index (χ0v) is 13.2. The third kappa shape index (κ3) is 4.13. The van der Waals surface area contributed by atoms with E-state index in [-0.39, 0.29) is 0 Å². The van der Waals surface area contributed by atoms with Crippen LogP contribution in [0.4, 0.5) is 0 Å². The fourth-order valence-corrected chi connectivity index (χ4v) is 3.31. The van der Waals surface area contributed by atoms with Crippen molar-refractivity contribution in [3.8, 4) is 0 Å². The quantitative estimate of drug-likeness (QED) is 0.673. The van der Waals surface area contributed by atoms with Gasteiger partial charge in [0.25, 0.3) is 0 Å². The summed E-state index contributed by atoms with van der Waals surface area (Å²) < 4.78 is 5.10. The molecule has 1 aliphatic heterocycles. The van der Waals surface area contributed by atoms with E-state index in [1.165, 1.54) is 6.42 Å². The zero-order valence-electron chi connectivity index (χ0n) is 12.4. The van der Waals surface area contributed by atoms with E-state index in [1.807, 2.05) is 6.92 Å². The van der Waals surface area contributed by atoms with Crippen molar-refractivity contribution in [2.75, 3.05) is 25.4 Å². The summed E-state index contributed by atoms with van der Waals surface area (Å²) in [5.41, 5.74) is 0. The van der Waals surface area contributed by atoms with E-state index in [0.717, 1.165) is 31.3 Å². The number of aryl methyl sites for hydroxylation is 1. The van der Waals surface area contributed by atoms with Crippen molar-refractivity contribution < 1.29 is 4.52 Å². The van der Waals surface area contributed by atoms with Gasteiger partial charge in [-0.15, -0.1) is 0 Å². The first kappa shape index (κ1) is 15.2. The molecule has 0 saturated carbocycles. The minimum absolute atomic E-state index is 0.434. The second-order valence-corrected chi connectivity index (χ2v) is 6.16. The van der Waals surface area contributed by atoms with Crippen LogP contribution < -0.4 is 5.32 Å². The third-order valence-corrected chi connectivity index (χ3v) is 4.53. The number of aromatic nitrogens is 2. The fourth-order valence-electron chi connectivity index (χ4n) is 2.13. The van der Waals surface area contributed by atoms with Crippen molar-refractivity contribution in [3.63, 3.8) is 0 Å². The van der Waals surface area contributed by atoms with Crippen molar-refractivity contribution in [2.45, 2.75) is 39.0 Å².